The lowest BCUT2D eigenvalue weighted by Crippen LogP contribution is -2.30. The van der Waals surface area contributed by atoms with Gasteiger partial charge in [0, 0.05) is 13.1 Å². The van der Waals surface area contributed by atoms with E-state index < -0.39 is 16.0 Å². The molecule has 0 unspecified atom stereocenters. The van der Waals surface area contributed by atoms with Crippen LogP contribution < -0.4 is 10.5 Å². The Balaban J connectivity index is 0.00000289. The van der Waals surface area contributed by atoms with E-state index in [1.54, 1.807) is 6.92 Å². The molecule has 0 radical (unpaired) electrons. The van der Waals surface area contributed by atoms with Gasteiger partial charge in [-0.05, 0) is 6.92 Å². The summed E-state index contributed by atoms with van der Waals surface area (Å²) >= 11 is 0. The van der Waals surface area contributed by atoms with Crippen LogP contribution >= 0.6 is 12.4 Å². The van der Waals surface area contributed by atoms with Gasteiger partial charge in [0.25, 0.3) is 10.0 Å². The van der Waals surface area contributed by atoms with E-state index >= 15 is 0 Å². The topological polar surface area (TPSA) is 127 Å². The van der Waals surface area contributed by atoms with Crippen LogP contribution in [0.25, 0.3) is 0 Å². The molecule has 0 aliphatic carbocycles. The number of sulfonamides is 1. The van der Waals surface area contributed by atoms with Crippen LogP contribution in [0.5, 0.6) is 0 Å². The predicted octanol–water partition coefficient (Wildman–Crippen LogP) is -0.755. The summed E-state index contributed by atoms with van der Waals surface area (Å²) in [6.45, 7) is 2.00. The van der Waals surface area contributed by atoms with Gasteiger partial charge in [-0.1, -0.05) is 0 Å². The number of hydrogen-bond donors (Lipinski definition) is 3. The molecule has 0 amide bonds. The van der Waals surface area contributed by atoms with Crippen molar-refractivity contribution < 1.29 is 17.9 Å². The Hall–Kier alpha value is -1.16. The molecule has 1 aromatic rings. The molecule has 1 heterocycles. The van der Waals surface area contributed by atoms with Gasteiger partial charge in [0.05, 0.1) is 12.8 Å². The second kappa shape index (κ2) is 7.31. The minimum Gasteiger partial charge on any atom is -0.462 e. The number of H-pyrrole nitrogens is 1. The molecule has 0 spiro atoms. The first-order valence-electron chi connectivity index (χ1n) is 4.93. The van der Waals surface area contributed by atoms with Gasteiger partial charge in [0.2, 0.25) is 0 Å². The number of nitrogens with one attached hydrogen (secondary N) is 2. The highest BCUT2D eigenvalue weighted by Crippen LogP contribution is 2.12. The zero-order valence-electron chi connectivity index (χ0n) is 9.67. The Bertz CT molecular complexity index is 487. The molecule has 18 heavy (non-hydrogen) atoms. The Morgan fingerprint density at radius 2 is 2.28 bits per heavy atom. The third kappa shape index (κ3) is 3.95. The molecule has 1 rings (SSSR count). The normalized spacial score (nSPS) is 10.8. The summed E-state index contributed by atoms with van der Waals surface area (Å²) in [5, 5.41) is 5.46. The van der Waals surface area contributed by atoms with Crippen LogP contribution in [0.1, 0.15) is 17.3 Å². The minimum atomic E-state index is -3.82. The number of carbonyl (C=O) groups excluding carboxylic acids is 1. The maximum atomic E-state index is 11.7. The van der Waals surface area contributed by atoms with Crippen molar-refractivity contribution in [1.29, 1.82) is 0 Å². The van der Waals surface area contributed by atoms with Gasteiger partial charge in [-0.2, -0.15) is 5.10 Å². The van der Waals surface area contributed by atoms with E-state index in [0.717, 1.165) is 6.20 Å². The van der Waals surface area contributed by atoms with Crippen LogP contribution in [0.15, 0.2) is 11.2 Å². The average molecular weight is 299 g/mol. The first-order chi connectivity index (χ1) is 8.03. The fraction of sp³-hybridized carbons (Fsp3) is 0.500. The second-order valence-corrected chi connectivity index (χ2v) is 4.72. The second-order valence-electron chi connectivity index (χ2n) is 3.02. The summed E-state index contributed by atoms with van der Waals surface area (Å²) < 4.78 is 30.4. The lowest BCUT2D eigenvalue weighted by atomic mass is 10.4. The standard InChI is InChI=1S/C8H14N4O4S.ClH/c1-2-16-8(13)6-5-10-12-7(6)17(14,15)11-4-3-9;/h5,11H,2-4,9H2,1H3,(H,10,12);1H. The van der Waals surface area contributed by atoms with Crippen molar-refractivity contribution in [2.24, 2.45) is 5.73 Å². The zero-order chi connectivity index (χ0) is 12.9. The van der Waals surface area contributed by atoms with Crippen molar-refractivity contribution in [3.05, 3.63) is 11.8 Å². The number of halogens is 1. The molecular weight excluding hydrogens is 284 g/mol. The van der Waals surface area contributed by atoms with E-state index in [4.69, 9.17) is 10.5 Å². The fourth-order valence-electron chi connectivity index (χ4n) is 1.10. The number of rotatable bonds is 6. The Labute approximate surface area is 111 Å². The summed E-state index contributed by atoms with van der Waals surface area (Å²) in [6, 6.07) is 0. The lowest BCUT2D eigenvalue weighted by Gasteiger charge is -2.05. The highest BCUT2D eigenvalue weighted by Gasteiger charge is 2.25. The summed E-state index contributed by atoms with van der Waals surface area (Å²) in [6.07, 6.45) is 1.11. The van der Waals surface area contributed by atoms with Crippen LogP contribution in [0.2, 0.25) is 0 Å². The number of hydrogen-bond acceptors (Lipinski definition) is 6. The number of ether oxygens (including phenoxy) is 1. The molecule has 1 aromatic heterocycles. The summed E-state index contributed by atoms with van der Waals surface area (Å²) in [5.41, 5.74) is 5.06. The maximum Gasteiger partial charge on any atom is 0.342 e. The highest BCUT2D eigenvalue weighted by atomic mass is 35.5. The molecule has 4 N–H and O–H groups in total. The van der Waals surface area contributed by atoms with Gasteiger partial charge in [-0.15, -0.1) is 12.4 Å². The van der Waals surface area contributed by atoms with Crippen molar-refractivity contribution in [2.45, 2.75) is 11.9 Å². The van der Waals surface area contributed by atoms with Crippen molar-refractivity contribution >= 4 is 28.4 Å². The first kappa shape index (κ1) is 16.8. The van der Waals surface area contributed by atoms with Crippen LogP contribution in [0.4, 0.5) is 0 Å². The largest absolute Gasteiger partial charge is 0.462 e. The number of esters is 1. The van der Waals surface area contributed by atoms with Crippen molar-refractivity contribution in [3.8, 4) is 0 Å². The highest BCUT2D eigenvalue weighted by molar-refractivity contribution is 7.89. The van der Waals surface area contributed by atoms with Crippen molar-refractivity contribution in [2.75, 3.05) is 19.7 Å². The molecule has 0 bridgehead atoms. The van der Waals surface area contributed by atoms with Crippen LogP contribution in [-0.2, 0) is 14.8 Å². The zero-order valence-corrected chi connectivity index (χ0v) is 11.3. The molecule has 0 saturated carbocycles. The predicted molar refractivity (Wildman–Crippen MR) is 66.0 cm³/mol. The molecule has 0 atom stereocenters. The van der Waals surface area contributed by atoms with E-state index in [0.29, 0.717) is 0 Å². The van der Waals surface area contributed by atoms with Gasteiger partial charge in [-0.3, -0.25) is 5.10 Å². The van der Waals surface area contributed by atoms with Gasteiger partial charge >= 0.3 is 5.97 Å². The van der Waals surface area contributed by atoms with E-state index in [2.05, 4.69) is 14.9 Å². The van der Waals surface area contributed by atoms with E-state index in [1.165, 1.54) is 0 Å². The van der Waals surface area contributed by atoms with E-state index in [9.17, 15) is 13.2 Å². The van der Waals surface area contributed by atoms with Gasteiger partial charge in [0.1, 0.15) is 5.56 Å². The molecule has 0 aliphatic heterocycles. The SMILES string of the molecule is CCOC(=O)c1cn[nH]c1S(=O)(=O)NCCN.Cl. The minimum absolute atomic E-state index is 0. The summed E-state index contributed by atoms with van der Waals surface area (Å²) in [5.74, 6) is -0.741. The Morgan fingerprint density at radius 3 is 2.83 bits per heavy atom. The number of nitrogens with two attached hydrogens (primary N) is 1. The van der Waals surface area contributed by atoms with Gasteiger partial charge in [0.15, 0.2) is 5.03 Å². The van der Waals surface area contributed by atoms with Crippen molar-refractivity contribution in [3.63, 3.8) is 0 Å². The van der Waals surface area contributed by atoms with Gasteiger partial charge < -0.3 is 10.5 Å². The summed E-state index contributed by atoms with van der Waals surface area (Å²) in [4.78, 5) is 11.4. The third-order valence-corrected chi connectivity index (χ3v) is 3.24. The molecule has 0 aromatic carbocycles. The maximum absolute atomic E-state index is 11.7. The summed E-state index contributed by atoms with van der Waals surface area (Å²) in [7, 11) is -3.82. The molecule has 104 valence electrons. The molecule has 8 nitrogen and oxygen atoms in total. The Kier molecular flexibility index (Phi) is 6.84. The van der Waals surface area contributed by atoms with E-state index in [-0.39, 0.29) is 42.7 Å². The molecule has 0 aliphatic rings. The molecule has 0 fully saturated rings. The molecule has 10 heteroatoms. The van der Waals surface area contributed by atoms with Crippen molar-refractivity contribution in [1.82, 2.24) is 14.9 Å². The third-order valence-electron chi connectivity index (χ3n) is 1.80. The van der Waals surface area contributed by atoms with Crippen LogP contribution in [-0.4, -0.2) is 44.3 Å². The first-order valence-corrected chi connectivity index (χ1v) is 6.41. The van der Waals surface area contributed by atoms with Crippen LogP contribution in [0.3, 0.4) is 0 Å². The number of carbonyl (C=O) groups is 1. The number of nitrogens with zero attached hydrogens (tertiary/aromatic N) is 1. The van der Waals surface area contributed by atoms with Crippen LogP contribution in [0, 0.1) is 0 Å². The number of aromatic nitrogens is 2. The molecular formula is C8H15ClN4O4S. The number of aromatic amines is 1. The quantitative estimate of drug-likeness (QED) is 0.593. The Morgan fingerprint density at radius 1 is 1.61 bits per heavy atom. The smallest absolute Gasteiger partial charge is 0.342 e. The lowest BCUT2D eigenvalue weighted by molar-refractivity contribution is 0.0522. The van der Waals surface area contributed by atoms with E-state index in [1.807, 2.05) is 0 Å². The fourth-order valence-corrected chi connectivity index (χ4v) is 2.23. The molecule has 0 saturated heterocycles. The van der Waals surface area contributed by atoms with Gasteiger partial charge in [-0.25, -0.2) is 17.9 Å². The monoisotopic (exact) mass is 298 g/mol. The average Bonchev–Trinajstić information content (AvgIpc) is 2.76.